The highest BCUT2D eigenvalue weighted by molar-refractivity contribution is 8.00. The smallest absolute Gasteiger partial charge is 0.272 e. The number of rotatable bonds is 11. The van der Waals surface area contributed by atoms with E-state index in [0.717, 1.165) is 0 Å². The van der Waals surface area contributed by atoms with E-state index >= 15 is 0 Å². The number of ether oxygens (including phenoxy) is 4. The van der Waals surface area contributed by atoms with Crippen LogP contribution in [-0.2, 0) is 14.4 Å². The molecule has 53 heavy (non-hydrogen) atoms. The van der Waals surface area contributed by atoms with Crippen molar-refractivity contribution in [3.8, 4) is 28.7 Å². The van der Waals surface area contributed by atoms with Crippen LogP contribution in [0.1, 0.15) is 22.3 Å². The Balaban J connectivity index is 1.05. The number of carbonyl (C=O) groups is 4. The number of methoxy groups -OCH3 is 1. The van der Waals surface area contributed by atoms with E-state index in [2.05, 4.69) is 10.6 Å². The van der Waals surface area contributed by atoms with Crippen LogP contribution in [0, 0.1) is 0 Å². The molecule has 2 N–H and O–H groups in total. The number of thioether (sulfide) groups is 1. The van der Waals surface area contributed by atoms with Gasteiger partial charge in [-0.1, -0.05) is 35.9 Å². The Bertz CT molecular complexity index is 2230. The molecule has 1 fully saturated rings. The van der Waals surface area contributed by atoms with Gasteiger partial charge >= 0.3 is 0 Å². The van der Waals surface area contributed by atoms with Crippen molar-refractivity contribution in [1.82, 2.24) is 5.32 Å². The lowest BCUT2D eigenvalue weighted by Gasteiger charge is -2.16. The molecule has 0 spiro atoms. The number of nitrogens with one attached hydrogen (secondary N) is 2. The van der Waals surface area contributed by atoms with Crippen molar-refractivity contribution in [2.45, 2.75) is 16.6 Å². The highest BCUT2D eigenvalue weighted by Gasteiger charge is 2.40. The predicted molar refractivity (Wildman–Crippen MR) is 201 cm³/mol. The molecule has 4 amide bonds. The van der Waals surface area contributed by atoms with Crippen molar-refractivity contribution in [3.63, 3.8) is 0 Å². The molecule has 0 aliphatic carbocycles. The molecule has 0 bridgehead atoms. The zero-order chi connectivity index (χ0) is 36.9. The van der Waals surface area contributed by atoms with E-state index in [1.54, 1.807) is 115 Å². The third-order valence-corrected chi connectivity index (χ3v) is 9.57. The highest BCUT2D eigenvalue weighted by Crippen LogP contribution is 2.42. The first-order valence-corrected chi connectivity index (χ1v) is 17.5. The lowest BCUT2D eigenvalue weighted by atomic mass is 10.1. The molecule has 5 aromatic rings. The van der Waals surface area contributed by atoms with Crippen LogP contribution >= 0.6 is 23.4 Å². The molecule has 0 saturated carbocycles. The Labute approximate surface area is 313 Å². The third kappa shape index (κ3) is 8.14. The average Bonchev–Trinajstić information content (AvgIpc) is 3.75. The highest BCUT2D eigenvalue weighted by atomic mass is 35.5. The van der Waals surface area contributed by atoms with Crippen molar-refractivity contribution in [2.24, 2.45) is 0 Å². The molecule has 5 aromatic carbocycles. The van der Waals surface area contributed by atoms with Gasteiger partial charge in [-0.15, -0.1) is 11.8 Å². The van der Waals surface area contributed by atoms with Gasteiger partial charge in [0.15, 0.2) is 11.5 Å². The fourth-order valence-electron chi connectivity index (χ4n) is 5.62. The summed E-state index contributed by atoms with van der Waals surface area (Å²) in [4.78, 5) is 55.3. The molecule has 1 atom stereocenters. The van der Waals surface area contributed by atoms with E-state index in [4.69, 9.17) is 30.5 Å². The topological polar surface area (TPSA) is 132 Å². The summed E-state index contributed by atoms with van der Waals surface area (Å²) >= 11 is 7.17. The fraction of sp³-hybridized carbons (Fsp3) is 0.100. The number of anilines is 2. The molecular weight excluding hydrogens is 718 g/mol. The van der Waals surface area contributed by atoms with Crippen molar-refractivity contribution >= 4 is 64.4 Å². The number of hydrogen-bond donors (Lipinski definition) is 2. The van der Waals surface area contributed by atoms with Gasteiger partial charge in [0.2, 0.25) is 24.4 Å². The Hall–Kier alpha value is -6.24. The summed E-state index contributed by atoms with van der Waals surface area (Å²) in [6.45, 7) is 0.0261. The van der Waals surface area contributed by atoms with Gasteiger partial charge in [-0.25, -0.2) is 4.90 Å². The molecule has 2 aliphatic heterocycles. The summed E-state index contributed by atoms with van der Waals surface area (Å²) in [6.07, 6.45) is 1.51. The monoisotopic (exact) mass is 747 g/mol. The summed E-state index contributed by atoms with van der Waals surface area (Å²) < 4.78 is 22.3. The maximum Gasteiger partial charge on any atom is 0.272 e. The SMILES string of the molecule is COc1cc(C=C(NC(=O)c2ccccc2)C(=O)Nc2cccc(SC3CC(=O)N(c4ccc(Oc5ccc(Cl)cc5)cc4)C3=O)c2)cc2c1OCO2. The minimum absolute atomic E-state index is 0.000507. The minimum atomic E-state index is -0.681. The lowest BCUT2D eigenvalue weighted by Crippen LogP contribution is -2.31. The number of nitrogens with zero attached hydrogens (tertiary/aromatic N) is 1. The quantitative estimate of drug-likeness (QED) is 0.103. The Kier molecular flexibility index (Phi) is 10.3. The summed E-state index contributed by atoms with van der Waals surface area (Å²) in [7, 11) is 1.49. The fourth-order valence-corrected chi connectivity index (χ4v) is 6.86. The Morgan fingerprint density at radius 2 is 1.62 bits per heavy atom. The number of benzene rings is 5. The maximum atomic E-state index is 13.8. The van der Waals surface area contributed by atoms with Crippen molar-refractivity contribution in [2.75, 3.05) is 24.1 Å². The summed E-state index contributed by atoms with van der Waals surface area (Å²) in [5, 5.41) is 5.47. The van der Waals surface area contributed by atoms with Gasteiger partial charge < -0.3 is 29.6 Å². The number of carbonyl (C=O) groups excluding carboxylic acids is 4. The van der Waals surface area contributed by atoms with E-state index in [9.17, 15) is 19.2 Å². The van der Waals surface area contributed by atoms with Crippen molar-refractivity contribution in [3.05, 3.63) is 137 Å². The molecule has 2 aliphatic rings. The average molecular weight is 748 g/mol. The van der Waals surface area contributed by atoms with Crippen LogP contribution < -0.4 is 34.5 Å². The number of hydrogen-bond acceptors (Lipinski definition) is 9. The van der Waals surface area contributed by atoms with E-state index in [-0.39, 0.29) is 30.7 Å². The number of amides is 4. The second kappa shape index (κ2) is 15.6. The molecular formula is C40H30ClN3O8S. The predicted octanol–water partition coefficient (Wildman–Crippen LogP) is 7.70. The standard InChI is InChI=1S/C40H30ClN3O8S/c1-49-33-19-24(20-34-37(33)51-23-50-34)18-32(43-38(46)25-6-3-2-4-7-25)39(47)42-27-8-5-9-31(21-27)53-35-22-36(45)44(40(35)48)28-12-16-30(17-13-28)52-29-14-10-26(41)11-15-29/h2-21,35H,22-23H2,1H3,(H,42,47)(H,43,46). The van der Waals surface area contributed by atoms with Gasteiger partial charge in [0, 0.05) is 27.6 Å². The van der Waals surface area contributed by atoms with E-state index < -0.39 is 17.1 Å². The summed E-state index contributed by atoms with van der Waals surface area (Å²) in [5.74, 6) is 0.657. The molecule has 13 heteroatoms. The molecule has 2 heterocycles. The largest absolute Gasteiger partial charge is 0.493 e. The molecule has 0 aromatic heterocycles. The number of imide groups is 1. The van der Waals surface area contributed by atoms with Crippen molar-refractivity contribution < 1.29 is 38.1 Å². The first-order valence-electron chi connectivity index (χ1n) is 16.3. The van der Waals surface area contributed by atoms with Crippen LogP contribution in [0.2, 0.25) is 5.02 Å². The second-order valence-corrected chi connectivity index (χ2v) is 13.5. The second-order valence-electron chi connectivity index (χ2n) is 11.7. The van der Waals surface area contributed by atoms with Crippen LogP contribution in [0.5, 0.6) is 28.7 Å². The summed E-state index contributed by atoms with van der Waals surface area (Å²) in [6, 6.07) is 32.4. The van der Waals surface area contributed by atoms with Crippen LogP contribution in [-0.4, -0.2) is 42.8 Å². The van der Waals surface area contributed by atoms with Crippen LogP contribution in [0.15, 0.2) is 126 Å². The molecule has 11 nitrogen and oxygen atoms in total. The normalized spacial score (nSPS) is 14.9. The molecule has 0 radical (unpaired) electrons. The zero-order valence-electron chi connectivity index (χ0n) is 28.0. The van der Waals surface area contributed by atoms with Crippen LogP contribution in [0.3, 0.4) is 0 Å². The van der Waals surface area contributed by atoms with Gasteiger partial charge in [-0.3, -0.25) is 19.2 Å². The molecule has 1 unspecified atom stereocenters. The van der Waals surface area contributed by atoms with Gasteiger partial charge in [0.25, 0.3) is 11.8 Å². The van der Waals surface area contributed by atoms with Gasteiger partial charge in [-0.2, -0.15) is 0 Å². The Morgan fingerprint density at radius 1 is 0.887 bits per heavy atom. The van der Waals surface area contributed by atoms with Gasteiger partial charge in [-0.05, 0) is 103 Å². The van der Waals surface area contributed by atoms with Gasteiger partial charge in [0.1, 0.15) is 17.2 Å². The number of halogens is 1. The zero-order valence-corrected chi connectivity index (χ0v) is 29.6. The number of fused-ring (bicyclic) bond motifs is 1. The Morgan fingerprint density at radius 3 is 2.36 bits per heavy atom. The van der Waals surface area contributed by atoms with Crippen molar-refractivity contribution in [1.29, 1.82) is 0 Å². The molecule has 7 rings (SSSR count). The third-order valence-electron chi connectivity index (χ3n) is 8.14. The van der Waals surface area contributed by atoms with E-state index in [1.807, 2.05) is 0 Å². The first-order chi connectivity index (χ1) is 25.7. The summed E-state index contributed by atoms with van der Waals surface area (Å²) in [5.41, 5.74) is 1.68. The molecule has 266 valence electrons. The van der Waals surface area contributed by atoms with E-state index in [0.29, 0.717) is 61.2 Å². The van der Waals surface area contributed by atoms with Crippen LogP contribution in [0.25, 0.3) is 6.08 Å². The van der Waals surface area contributed by atoms with Crippen LogP contribution in [0.4, 0.5) is 11.4 Å². The minimum Gasteiger partial charge on any atom is -0.493 e. The van der Waals surface area contributed by atoms with E-state index in [1.165, 1.54) is 29.8 Å². The molecule has 1 saturated heterocycles. The maximum absolute atomic E-state index is 13.8. The first kappa shape index (κ1) is 35.2. The van der Waals surface area contributed by atoms with Gasteiger partial charge in [0.05, 0.1) is 18.0 Å². The lowest BCUT2D eigenvalue weighted by molar-refractivity contribution is -0.121.